The van der Waals surface area contributed by atoms with Crippen LogP contribution < -0.4 is 5.32 Å². The minimum absolute atomic E-state index is 0.0291. The molecule has 1 aliphatic carbocycles. The van der Waals surface area contributed by atoms with Gasteiger partial charge in [-0.25, -0.2) is 4.79 Å². The van der Waals surface area contributed by atoms with E-state index in [0.717, 1.165) is 35.0 Å². The summed E-state index contributed by atoms with van der Waals surface area (Å²) in [5, 5.41) is 4.26. The SMILES string of the molecule is Cc1[nH]c2ccccc2c1CC(=O)N1CCN(C(=O)NC2CCCC2)CC1. The van der Waals surface area contributed by atoms with E-state index in [1.807, 2.05) is 34.9 Å². The zero-order chi connectivity index (χ0) is 18.8. The van der Waals surface area contributed by atoms with Gasteiger partial charge in [0.1, 0.15) is 0 Å². The van der Waals surface area contributed by atoms with Gasteiger partial charge >= 0.3 is 6.03 Å². The summed E-state index contributed by atoms with van der Waals surface area (Å²) in [6, 6.07) is 8.47. The summed E-state index contributed by atoms with van der Waals surface area (Å²) in [5.41, 5.74) is 3.21. The largest absolute Gasteiger partial charge is 0.358 e. The first-order chi connectivity index (χ1) is 13.1. The molecule has 0 spiro atoms. The number of nitrogens with one attached hydrogen (secondary N) is 2. The van der Waals surface area contributed by atoms with E-state index in [9.17, 15) is 9.59 Å². The molecule has 2 aromatic rings. The van der Waals surface area contributed by atoms with E-state index >= 15 is 0 Å². The van der Waals surface area contributed by atoms with Gasteiger partial charge in [0.05, 0.1) is 6.42 Å². The summed E-state index contributed by atoms with van der Waals surface area (Å²) in [4.78, 5) is 32.3. The van der Waals surface area contributed by atoms with Crippen LogP contribution in [0.5, 0.6) is 0 Å². The highest BCUT2D eigenvalue weighted by Crippen LogP contribution is 2.23. The normalized spacial score (nSPS) is 18.3. The van der Waals surface area contributed by atoms with Gasteiger partial charge in [-0.3, -0.25) is 4.79 Å². The third-order valence-electron chi connectivity index (χ3n) is 5.96. The van der Waals surface area contributed by atoms with Gasteiger partial charge < -0.3 is 20.1 Å². The van der Waals surface area contributed by atoms with Crippen LogP contribution in [0, 0.1) is 6.92 Å². The lowest BCUT2D eigenvalue weighted by atomic mass is 10.1. The van der Waals surface area contributed by atoms with E-state index in [2.05, 4.69) is 16.4 Å². The Kier molecular flexibility index (Phi) is 5.05. The number of rotatable bonds is 3. The highest BCUT2D eigenvalue weighted by Gasteiger charge is 2.27. The van der Waals surface area contributed by atoms with Crippen molar-refractivity contribution in [1.82, 2.24) is 20.1 Å². The Morgan fingerprint density at radius 2 is 1.74 bits per heavy atom. The van der Waals surface area contributed by atoms with Crippen molar-refractivity contribution >= 4 is 22.8 Å². The molecule has 0 bridgehead atoms. The first-order valence-corrected chi connectivity index (χ1v) is 10.0. The van der Waals surface area contributed by atoms with Gasteiger partial charge in [-0.1, -0.05) is 31.0 Å². The summed E-state index contributed by atoms with van der Waals surface area (Å²) in [5.74, 6) is 0.138. The molecule has 1 saturated carbocycles. The number of benzene rings is 1. The van der Waals surface area contributed by atoms with Crippen molar-refractivity contribution in [2.24, 2.45) is 0 Å². The zero-order valence-electron chi connectivity index (χ0n) is 16.0. The minimum atomic E-state index is 0.0291. The van der Waals surface area contributed by atoms with Gasteiger partial charge in [0.15, 0.2) is 0 Å². The molecule has 1 aliphatic heterocycles. The topological polar surface area (TPSA) is 68.4 Å². The molecule has 27 heavy (non-hydrogen) atoms. The van der Waals surface area contributed by atoms with Crippen LogP contribution in [0.2, 0.25) is 0 Å². The van der Waals surface area contributed by atoms with Crippen molar-refractivity contribution in [3.63, 3.8) is 0 Å². The molecule has 2 aliphatic rings. The lowest BCUT2D eigenvalue weighted by Crippen LogP contribution is -2.54. The monoisotopic (exact) mass is 368 g/mol. The molecule has 2 heterocycles. The number of H-pyrrole nitrogens is 1. The number of urea groups is 1. The number of aromatic amines is 1. The molecule has 6 heteroatoms. The van der Waals surface area contributed by atoms with Gasteiger partial charge in [-0.05, 0) is 31.4 Å². The minimum Gasteiger partial charge on any atom is -0.358 e. The summed E-state index contributed by atoms with van der Waals surface area (Å²) >= 11 is 0. The van der Waals surface area contributed by atoms with Crippen molar-refractivity contribution in [1.29, 1.82) is 0 Å². The Morgan fingerprint density at radius 1 is 1.07 bits per heavy atom. The van der Waals surface area contributed by atoms with E-state index in [1.54, 1.807) is 0 Å². The van der Waals surface area contributed by atoms with E-state index in [-0.39, 0.29) is 11.9 Å². The van der Waals surface area contributed by atoms with Crippen LogP contribution >= 0.6 is 0 Å². The van der Waals surface area contributed by atoms with Crippen LogP contribution in [0.1, 0.15) is 36.9 Å². The molecular formula is C21H28N4O2. The third-order valence-corrected chi connectivity index (χ3v) is 5.96. The highest BCUT2D eigenvalue weighted by molar-refractivity contribution is 5.90. The number of carbonyl (C=O) groups is 2. The second-order valence-corrected chi connectivity index (χ2v) is 7.75. The van der Waals surface area contributed by atoms with Gasteiger partial charge in [0.2, 0.25) is 5.91 Å². The van der Waals surface area contributed by atoms with Crippen molar-refractivity contribution in [3.05, 3.63) is 35.5 Å². The molecule has 3 amide bonds. The van der Waals surface area contributed by atoms with Gasteiger partial charge in [0, 0.05) is 48.8 Å². The number of hydrogen-bond donors (Lipinski definition) is 2. The van der Waals surface area contributed by atoms with Gasteiger partial charge in [-0.15, -0.1) is 0 Å². The maximum atomic E-state index is 12.8. The molecule has 2 fully saturated rings. The van der Waals surface area contributed by atoms with Crippen molar-refractivity contribution < 1.29 is 9.59 Å². The molecule has 1 aromatic heterocycles. The molecule has 0 radical (unpaired) electrons. The predicted octanol–water partition coefficient (Wildman–Crippen LogP) is 2.82. The molecule has 0 unspecified atom stereocenters. The standard InChI is InChI=1S/C21H28N4O2/c1-15-18(17-8-4-5-9-19(17)22-15)14-20(26)24-10-12-25(13-11-24)21(27)23-16-6-2-3-7-16/h4-5,8-9,16,22H,2-3,6-7,10-14H2,1H3,(H,23,27). The summed E-state index contributed by atoms with van der Waals surface area (Å²) in [7, 11) is 0. The Balaban J connectivity index is 1.33. The van der Waals surface area contributed by atoms with E-state index in [1.165, 1.54) is 12.8 Å². The van der Waals surface area contributed by atoms with E-state index in [4.69, 9.17) is 0 Å². The van der Waals surface area contributed by atoms with Crippen LogP contribution in [0.4, 0.5) is 4.79 Å². The Labute approximate surface area is 159 Å². The maximum absolute atomic E-state index is 12.8. The fraction of sp³-hybridized carbons (Fsp3) is 0.524. The molecule has 1 aromatic carbocycles. The molecule has 0 atom stereocenters. The summed E-state index contributed by atoms with van der Waals surface area (Å²) < 4.78 is 0. The van der Waals surface area contributed by atoms with Crippen molar-refractivity contribution in [2.45, 2.75) is 45.1 Å². The number of para-hydroxylation sites is 1. The molecule has 6 nitrogen and oxygen atoms in total. The molecule has 1 saturated heterocycles. The van der Waals surface area contributed by atoms with Crippen LogP contribution in [0.15, 0.2) is 24.3 Å². The number of hydrogen-bond acceptors (Lipinski definition) is 2. The molecule has 4 rings (SSSR count). The second kappa shape index (κ2) is 7.62. The number of fused-ring (bicyclic) bond motifs is 1. The van der Waals surface area contributed by atoms with Crippen LogP contribution in [0.25, 0.3) is 10.9 Å². The number of amides is 3. The lowest BCUT2D eigenvalue weighted by molar-refractivity contribution is -0.131. The lowest BCUT2D eigenvalue weighted by Gasteiger charge is -2.35. The molecular weight excluding hydrogens is 340 g/mol. The maximum Gasteiger partial charge on any atom is 0.317 e. The number of nitrogens with zero attached hydrogens (tertiary/aromatic N) is 2. The average molecular weight is 368 g/mol. The number of aromatic nitrogens is 1. The van der Waals surface area contributed by atoms with E-state index < -0.39 is 0 Å². The third kappa shape index (κ3) is 3.80. The number of aryl methyl sites for hydroxylation is 1. The van der Waals surface area contributed by atoms with Crippen LogP contribution in [-0.2, 0) is 11.2 Å². The van der Waals surface area contributed by atoms with Crippen molar-refractivity contribution in [3.8, 4) is 0 Å². The Morgan fingerprint density at radius 3 is 2.48 bits per heavy atom. The quantitative estimate of drug-likeness (QED) is 0.875. The Bertz CT molecular complexity index is 830. The average Bonchev–Trinajstić information content (AvgIpc) is 3.30. The van der Waals surface area contributed by atoms with Crippen LogP contribution in [0.3, 0.4) is 0 Å². The fourth-order valence-corrected chi connectivity index (χ4v) is 4.32. The number of carbonyl (C=O) groups excluding carboxylic acids is 2. The Hall–Kier alpha value is -2.50. The molecule has 2 N–H and O–H groups in total. The second-order valence-electron chi connectivity index (χ2n) is 7.75. The smallest absolute Gasteiger partial charge is 0.317 e. The van der Waals surface area contributed by atoms with Gasteiger partial charge in [-0.2, -0.15) is 0 Å². The first-order valence-electron chi connectivity index (χ1n) is 10.0. The number of piperazine rings is 1. The van der Waals surface area contributed by atoms with E-state index in [0.29, 0.717) is 38.6 Å². The highest BCUT2D eigenvalue weighted by atomic mass is 16.2. The first kappa shape index (κ1) is 17.9. The van der Waals surface area contributed by atoms with Crippen molar-refractivity contribution in [2.75, 3.05) is 26.2 Å². The predicted molar refractivity (Wildman–Crippen MR) is 106 cm³/mol. The van der Waals surface area contributed by atoms with Gasteiger partial charge in [0.25, 0.3) is 0 Å². The zero-order valence-corrected chi connectivity index (χ0v) is 16.0. The fourth-order valence-electron chi connectivity index (χ4n) is 4.32. The summed E-state index contributed by atoms with van der Waals surface area (Å²) in [6.45, 7) is 4.46. The summed E-state index contributed by atoms with van der Waals surface area (Å²) in [6.07, 6.45) is 5.01. The molecule has 144 valence electrons. The van der Waals surface area contributed by atoms with Crippen LogP contribution in [-0.4, -0.2) is 58.9 Å².